The second-order valence-electron chi connectivity index (χ2n) is 7.35. The van der Waals surface area contributed by atoms with Crippen LogP contribution in [0, 0.1) is 0 Å². The summed E-state index contributed by atoms with van der Waals surface area (Å²) in [5.41, 5.74) is 1.10. The van der Waals surface area contributed by atoms with Gasteiger partial charge in [0.2, 0.25) is 0 Å². The minimum Gasteiger partial charge on any atom is -0.504 e. The fourth-order valence-corrected chi connectivity index (χ4v) is 3.06. The molecule has 0 saturated carbocycles. The Morgan fingerprint density at radius 3 is 1.33 bits per heavy atom. The van der Waals surface area contributed by atoms with Crippen LogP contribution in [-0.4, -0.2) is 56.8 Å². The Kier molecular flexibility index (Phi) is 9.69. The van der Waals surface area contributed by atoms with E-state index in [0.29, 0.717) is 24.2 Å². The van der Waals surface area contributed by atoms with Crippen LogP contribution in [0.2, 0.25) is 0 Å². The number of phenols is 4. The van der Waals surface area contributed by atoms with E-state index < -0.39 is 12.2 Å². The van der Waals surface area contributed by atoms with Crippen LogP contribution in [-0.2, 0) is 0 Å². The maximum Gasteiger partial charge on any atom is 0.157 e. The van der Waals surface area contributed by atoms with Gasteiger partial charge in [-0.15, -0.1) is 0 Å². The number of hydrogen-bond acceptors (Lipinski definition) is 8. The van der Waals surface area contributed by atoms with Gasteiger partial charge < -0.3 is 41.3 Å². The molecule has 0 aliphatic heterocycles. The minimum absolute atomic E-state index is 0.206. The summed E-state index contributed by atoms with van der Waals surface area (Å²) < 4.78 is 0. The van der Waals surface area contributed by atoms with Crippen LogP contribution < -0.4 is 10.6 Å². The molecule has 0 aliphatic carbocycles. The highest BCUT2D eigenvalue weighted by Gasteiger charge is 2.10. The minimum atomic E-state index is -0.748. The average Bonchev–Trinajstić information content (AvgIpc) is 2.73. The molecule has 30 heavy (non-hydrogen) atoms. The van der Waals surface area contributed by atoms with E-state index in [9.17, 15) is 30.6 Å². The number of hydrogen-bond donors (Lipinski definition) is 8. The summed E-state index contributed by atoms with van der Waals surface area (Å²) in [5, 5.41) is 64.0. The van der Waals surface area contributed by atoms with Gasteiger partial charge in [0, 0.05) is 13.1 Å². The molecule has 2 aromatic carbocycles. The first-order valence-corrected chi connectivity index (χ1v) is 10.2. The largest absolute Gasteiger partial charge is 0.504 e. The molecule has 0 saturated heterocycles. The molecule has 166 valence electrons. The Hall–Kier alpha value is -2.52. The first-order chi connectivity index (χ1) is 14.4. The summed E-state index contributed by atoms with van der Waals surface area (Å²) >= 11 is 0. The van der Waals surface area contributed by atoms with Crippen LogP contribution in [0.4, 0.5) is 0 Å². The molecule has 0 heterocycles. The molecule has 0 radical (unpaired) electrons. The third kappa shape index (κ3) is 7.72. The van der Waals surface area contributed by atoms with Gasteiger partial charge in [-0.25, -0.2) is 0 Å². The summed E-state index contributed by atoms with van der Waals surface area (Å²) in [6, 6.07) is 8.59. The topological polar surface area (TPSA) is 145 Å². The van der Waals surface area contributed by atoms with Crippen molar-refractivity contribution in [3.8, 4) is 23.0 Å². The Labute approximate surface area is 176 Å². The lowest BCUT2D eigenvalue weighted by atomic mass is 10.1. The van der Waals surface area contributed by atoms with Crippen molar-refractivity contribution in [2.75, 3.05) is 26.2 Å². The van der Waals surface area contributed by atoms with Crippen molar-refractivity contribution in [2.45, 2.75) is 37.9 Å². The fourth-order valence-electron chi connectivity index (χ4n) is 3.06. The lowest BCUT2D eigenvalue weighted by Crippen LogP contribution is -2.23. The van der Waals surface area contributed by atoms with E-state index in [4.69, 9.17) is 0 Å². The molecule has 2 unspecified atom stereocenters. The Bertz CT molecular complexity index is 721. The van der Waals surface area contributed by atoms with Crippen LogP contribution in [0.1, 0.15) is 49.0 Å². The number of unbranched alkanes of at least 4 members (excludes halogenated alkanes) is 3. The van der Waals surface area contributed by atoms with Crippen LogP contribution in [0.25, 0.3) is 0 Å². The van der Waals surface area contributed by atoms with E-state index in [0.717, 1.165) is 38.8 Å². The Balaban J connectivity index is 1.48. The van der Waals surface area contributed by atoms with Gasteiger partial charge >= 0.3 is 0 Å². The molecule has 0 spiro atoms. The molecule has 2 atom stereocenters. The van der Waals surface area contributed by atoms with Crippen molar-refractivity contribution < 1.29 is 30.6 Å². The molecule has 8 heteroatoms. The summed E-state index contributed by atoms with van der Waals surface area (Å²) in [7, 11) is 0. The van der Waals surface area contributed by atoms with E-state index in [1.807, 2.05) is 0 Å². The van der Waals surface area contributed by atoms with Crippen molar-refractivity contribution in [1.82, 2.24) is 10.6 Å². The summed E-state index contributed by atoms with van der Waals surface area (Å²) in [5.74, 6) is -0.895. The third-order valence-corrected chi connectivity index (χ3v) is 4.90. The highest BCUT2D eigenvalue weighted by Crippen LogP contribution is 2.28. The van der Waals surface area contributed by atoms with Gasteiger partial charge in [-0.05, 0) is 61.3 Å². The molecule has 0 aliphatic rings. The lowest BCUT2D eigenvalue weighted by Gasteiger charge is -2.13. The number of phenolic OH excluding ortho intramolecular Hbond substituents is 4. The zero-order valence-corrected chi connectivity index (χ0v) is 17.0. The van der Waals surface area contributed by atoms with Crippen molar-refractivity contribution in [3.05, 3.63) is 47.5 Å². The average molecular weight is 421 g/mol. The smallest absolute Gasteiger partial charge is 0.157 e. The first-order valence-electron chi connectivity index (χ1n) is 10.2. The van der Waals surface area contributed by atoms with Crippen molar-refractivity contribution in [3.63, 3.8) is 0 Å². The maximum atomic E-state index is 10.1. The molecule has 0 fully saturated rings. The van der Waals surface area contributed by atoms with Gasteiger partial charge in [0.1, 0.15) is 0 Å². The molecular weight excluding hydrogens is 388 g/mol. The van der Waals surface area contributed by atoms with E-state index in [2.05, 4.69) is 10.6 Å². The van der Waals surface area contributed by atoms with Crippen LogP contribution >= 0.6 is 0 Å². The quantitative estimate of drug-likeness (QED) is 0.181. The molecular formula is C22H32N2O6. The zero-order chi connectivity index (χ0) is 21.9. The van der Waals surface area contributed by atoms with Gasteiger partial charge in [-0.3, -0.25) is 0 Å². The second-order valence-corrected chi connectivity index (χ2v) is 7.35. The van der Waals surface area contributed by atoms with Gasteiger partial charge in [-0.2, -0.15) is 0 Å². The number of aromatic hydroxyl groups is 4. The van der Waals surface area contributed by atoms with E-state index in [-0.39, 0.29) is 23.0 Å². The van der Waals surface area contributed by atoms with Gasteiger partial charge in [0.15, 0.2) is 23.0 Å². The van der Waals surface area contributed by atoms with Gasteiger partial charge in [0.05, 0.1) is 12.2 Å². The van der Waals surface area contributed by atoms with Gasteiger partial charge in [-0.1, -0.05) is 25.0 Å². The normalized spacial score (nSPS) is 13.3. The predicted molar refractivity (Wildman–Crippen MR) is 114 cm³/mol. The number of nitrogens with one attached hydrogen (secondary N) is 2. The monoisotopic (exact) mass is 420 g/mol. The van der Waals surface area contributed by atoms with Crippen LogP contribution in [0.3, 0.4) is 0 Å². The third-order valence-electron chi connectivity index (χ3n) is 4.90. The van der Waals surface area contributed by atoms with Crippen LogP contribution in [0.15, 0.2) is 36.4 Å². The Morgan fingerprint density at radius 1 is 0.567 bits per heavy atom. The number of aliphatic hydroxyl groups is 2. The number of rotatable bonds is 13. The van der Waals surface area contributed by atoms with Gasteiger partial charge in [0.25, 0.3) is 0 Å². The molecule has 8 N–H and O–H groups in total. The molecule has 0 amide bonds. The van der Waals surface area contributed by atoms with E-state index in [1.54, 1.807) is 12.1 Å². The molecule has 8 nitrogen and oxygen atoms in total. The second kappa shape index (κ2) is 12.2. The fraction of sp³-hybridized carbons (Fsp3) is 0.455. The van der Waals surface area contributed by atoms with E-state index in [1.165, 1.54) is 24.3 Å². The summed E-state index contributed by atoms with van der Waals surface area (Å²) in [6.07, 6.45) is 2.54. The highest BCUT2D eigenvalue weighted by molar-refractivity contribution is 5.42. The number of benzene rings is 2. The zero-order valence-electron chi connectivity index (χ0n) is 17.0. The van der Waals surface area contributed by atoms with E-state index >= 15 is 0 Å². The number of aliphatic hydroxyl groups excluding tert-OH is 2. The molecule has 0 aromatic heterocycles. The van der Waals surface area contributed by atoms with Crippen molar-refractivity contribution in [1.29, 1.82) is 0 Å². The van der Waals surface area contributed by atoms with Crippen molar-refractivity contribution in [2.24, 2.45) is 0 Å². The SMILES string of the molecule is Oc1ccc(C(O)CNCCCCCCNCC(O)c2ccc(O)c(O)c2)cc1O. The van der Waals surface area contributed by atoms with Crippen LogP contribution in [0.5, 0.6) is 23.0 Å². The Morgan fingerprint density at radius 2 is 0.967 bits per heavy atom. The highest BCUT2D eigenvalue weighted by atomic mass is 16.3. The van der Waals surface area contributed by atoms with Crippen molar-refractivity contribution >= 4 is 0 Å². The molecule has 2 aromatic rings. The molecule has 0 bridgehead atoms. The maximum absolute atomic E-state index is 10.1. The predicted octanol–water partition coefficient (Wildman–Crippen LogP) is 2.02. The first kappa shape index (κ1) is 23.8. The summed E-state index contributed by atoms with van der Waals surface area (Å²) in [4.78, 5) is 0. The summed E-state index contributed by atoms with van der Waals surface area (Å²) in [6.45, 7) is 2.29. The standard InChI is InChI=1S/C22H32N2O6/c25-17-7-5-15(11-19(17)27)21(29)13-23-9-3-1-2-4-10-24-14-22(30)16-6-8-18(26)20(28)12-16/h5-8,11-12,21-30H,1-4,9-10,13-14H2. The molecule has 2 rings (SSSR count). The lowest BCUT2D eigenvalue weighted by molar-refractivity contribution is 0.173.